The molecule has 0 bridgehead atoms. The highest BCUT2D eigenvalue weighted by atomic mass is 35.5. The summed E-state index contributed by atoms with van der Waals surface area (Å²) in [7, 11) is 0. The molecule has 84 valence electrons. The normalized spacial score (nSPS) is 10.9. The van der Waals surface area contributed by atoms with Gasteiger partial charge in [0.15, 0.2) is 0 Å². The molecule has 4 heteroatoms. The van der Waals surface area contributed by atoms with Crippen LogP contribution in [0, 0.1) is 5.82 Å². The van der Waals surface area contributed by atoms with E-state index < -0.39 is 0 Å². The molecule has 17 heavy (non-hydrogen) atoms. The molecule has 0 unspecified atom stereocenters. The lowest BCUT2D eigenvalue weighted by molar-refractivity contribution is 0.630. The van der Waals surface area contributed by atoms with Crippen molar-refractivity contribution in [3.8, 4) is 11.4 Å². The number of nitrogens with zero attached hydrogens (tertiary/aromatic N) is 1. The Balaban J connectivity index is 2.22. The minimum atomic E-state index is -0.294. The summed E-state index contributed by atoms with van der Waals surface area (Å²) in [5.41, 5.74) is 2.03. The summed E-state index contributed by atoms with van der Waals surface area (Å²) in [4.78, 5) is 7.39. The van der Waals surface area contributed by atoms with Gasteiger partial charge in [-0.05, 0) is 30.3 Å². The molecule has 0 saturated carbocycles. The molecule has 1 aromatic heterocycles. The monoisotopic (exact) mass is 246 g/mol. The molecule has 0 aliphatic carbocycles. The lowest BCUT2D eigenvalue weighted by Gasteiger charge is -1.96. The minimum Gasteiger partial charge on any atom is -0.338 e. The van der Waals surface area contributed by atoms with Crippen LogP contribution in [0.5, 0.6) is 0 Å². The highest BCUT2D eigenvalue weighted by Crippen LogP contribution is 2.24. The lowest BCUT2D eigenvalue weighted by atomic mass is 10.2. The van der Waals surface area contributed by atoms with Gasteiger partial charge in [0.2, 0.25) is 0 Å². The van der Waals surface area contributed by atoms with Crippen molar-refractivity contribution in [1.82, 2.24) is 9.97 Å². The van der Waals surface area contributed by atoms with E-state index in [1.165, 1.54) is 6.07 Å². The third-order valence-corrected chi connectivity index (χ3v) is 2.81. The van der Waals surface area contributed by atoms with Crippen molar-refractivity contribution >= 4 is 22.6 Å². The van der Waals surface area contributed by atoms with Crippen LogP contribution >= 0.6 is 11.6 Å². The number of halogens is 2. The van der Waals surface area contributed by atoms with Crippen molar-refractivity contribution in [2.75, 3.05) is 0 Å². The minimum absolute atomic E-state index is 0.294. The molecular formula is C13H8ClFN2. The third kappa shape index (κ3) is 1.78. The van der Waals surface area contributed by atoms with Crippen LogP contribution in [0.15, 0.2) is 42.5 Å². The van der Waals surface area contributed by atoms with E-state index >= 15 is 0 Å². The standard InChI is InChI=1S/C13H8ClFN2/c14-8-5-6-11-12(7-8)17-13(16-11)9-3-1-2-4-10(9)15/h1-7H,(H,16,17). The van der Waals surface area contributed by atoms with Gasteiger partial charge < -0.3 is 4.98 Å². The van der Waals surface area contributed by atoms with Gasteiger partial charge >= 0.3 is 0 Å². The summed E-state index contributed by atoms with van der Waals surface area (Å²) in [6.07, 6.45) is 0. The Morgan fingerprint density at radius 3 is 2.76 bits per heavy atom. The first-order chi connectivity index (χ1) is 8.24. The molecule has 0 amide bonds. The first-order valence-electron chi connectivity index (χ1n) is 5.14. The molecule has 3 rings (SSSR count). The number of H-pyrrole nitrogens is 1. The fourth-order valence-electron chi connectivity index (χ4n) is 1.76. The number of hydrogen-bond acceptors (Lipinski definition) is 1. The predicted octanol–water partition coefficient (Wildman–Crippen LogP) is 4.02. The first kappa shape index (κ1) is 10.3. The molecule has 0 aliphatic heterocycles. The number of nitrogens with one attached hydrogen (secondary N) is 1. The van der Waals surface area contributed by atoms with Crippen molar-refractivity contribution < 1.29 is 4.39 Å². The number of benzene rings is 2. The van der Waals surface area contributed by atoms with Gasteiger partial charge in [-0.15, -0.1) is 0 Å². The summed E-state index contributed by atoms with van der Waals surface area (Å²) in [6.45, 7) is 0. The largest absolute Gasteiger partial charge is 0.338 e. The second-order valence-corrected chi connectivity index (χ2v) is 4.16. The summed E-state index contributed by atoms with van der Waals surface area (Å²) in [6, 6.07) is 11.9. The van der Waals surface area contributed by atoms with Crippen molar-refractivity contribution in [2.45, 2.75) is 0 Å². The van der Waals surface area contributed by atoms with Crippen LogP contribution in [0.2, 0.25) is 5.02 Å². The number of rotatable bonds is 1. The fraction of sp³-hybridized carbons (Fsp3) is 0. The Kier molecular flexibility index (Phi) is 2.34. The van der Waals surface area contributed by atoms with E-state index in [9.17, 15) is 4.39 Å². The molecule has 2 aromatic carbocycles. The predicted molar refractivity (Wildman–Crippen MR) is 66.5 cm³/mol. The Morgan fingerprint density at radius 1 is 1.12 bits per heavy atom. The van der Waals surface area contributed by atoms with Gasteiger partial charge in [0, 0.05) is 5.02 Å². The van der Waals surface area contributed by atoms with Gasteiger partial charge in [-0.1, -0.05) is 23.7 Å². The zero-order valence-electron chi connectivity index (χ0n) is 8.74. The fourth-order valence-corrected chi connectivity index (χ4v) is 1.93. The Labute approximate surface area is 102 Å². The van der Waals surface area contributed by atoms with Crippen molar-refractivity contribution in [3.63, 3.8) is 0 Å². The summed E-state index contributed by atoms with van der Waals surface area (Å²) < 4.78 is 13.6. The van der Waals surface area contributed by atoms with Crippen molar-refractivity contribution in [2.24, 2.45) is 0 Å². The maximum Gasteiger partial charge on any atom is 0.141 e. The zero-order chi connectivity index (χ0) is 11.8. The summed E-state index contributed by atoms with van der Waals surface area (Å²) in [5.74, 6) is 0.220. The van der Waals surface area contributed by atoms with E-state index in [1.807, 2.05) is 6.07 Å². The van der Waals surface area contributed by atoms with Crippen LogP contribution in [-0.2, 0) is 0 Å². The van der Waals surface area contributed by atoms with Gasteiger partial charge in [0.05, 0.1) is 16.6 Å². The number of hydrogen-bond donors (Lipinski definition) is 1. The highest BCUT2D eigenvalue weighted by molar-refractivity contribution is 6.31. The van der Waals surface area contributed by atoms with Crippen LogP contribution in [0.3, 0.4) is 0 Å². The molecule has 0 atom stereocenters. The smallest absolute Gasteiger partial charge is 0.141 e. The first-order valence-corrected chi connectivity index (χ1v) is 5.52. The quantitative estimate of drug-likeness (QED) is 0.690. The van der Waals surface area contributed by atoms with E-state index in [0.29, 0.717) is 16.4 Å². The van der Waals surface area contributed by atoms with Gasteiger partial charge in [-0.25, -0.2) is 9.37 Å². The molecule has 0 spiro atoms. The van der Waals surface area contributed by atoms with Crippen LogP contribution in [0.25, 0.3) is 22.4 Å². The van der Waals surface area contributed by atoms with E-state index in [2.05, 4.69) is 9.97 Å². The summed E-state index contributed by atoms with van der Waals surface area (Å²) >= 11 is 5.88. The average molecular weight is 247 g/mol. The van der Waals surface area contributed by atoms with Crippen LogP contribution in [-0.4, -0.2) is 9.97 Å². The van der Waals surface area contributed by atoms with Crippen LogP contribution in [0.1, 0.15) is 0 Å². The molecule has 2 nitrogen and oxygen atoms in total. The lowest BCUT2D eigenvalue weighted by Crippen LogP contribution is -1.84. The van der Waals surface area contributed by atoms with E-state index in [4.69, 9.17) is 11.6 Å². The molecule has 0 aliphatic rings. The SMILES string of the molecule is Fc1ccccc1-c1nc2cc(Cl)ccc2[nH]1. The van der Waals surface area contributed by atoms with Gasteiger partial charge in [0.25, 0.3) is 0 Å². The number of fused-ring (bicyclic) bond motifs is 1. The molecule has 0 saturated heterocycles. The summed E-state index contributed by atoms with van der Waals surface area (Å²) in [5, 5.41) is 0.615. The Morgan fingerprint density at radius 2 is 1.94 bits per heavy atom. The second kappa shape index (κ2) is 3.86. The molecule has 1 heterocycles. The number of imidazole rings is 1. The van der Waals surface area contributed by atoms with Gasteiger partial charge in [-0.3, -0.25) is 0 Å². The third-order valence-electron chi connectivity index (χ3n) is 2.57. The average Bonchev–Trinajstić information content (AvgIpc) is 2.72. The van der Waals surface area contributed by atoms with Gasteiger partial charge in [0.1, 0.15) is 11.6 Å². The van der Waals surface area contributed by atoms with Crippen LogP contribution < -0.4 is 0 Å². The van der Waals surface area contributed by atoms with Crippen molar-refractivity contribution in [3.05, 3.63) is 53.3 Å². The van der Waals surface area contributed by atoms with Crippen molar-refractivity contribution in [1.29, 1.82) is 0 Å². The van der Waals surface area contributed by atoms with Gasteiger partial charge in [-0.2, -0.15) is 0 Å². The Bertz CT molecular complexity index is 691. The van der Waals surface area contributed by atoms with E-state index in [0.717, 1.165) is 11.0 Å². The second-order valence-electron chi connectivity index (χ2n) is 3.73. The zero-order valence-corrected chi connectivity index (χ0v) is 9.50. The number of aromatic nitrogens is 2. The maximum atomic E-state index is 13.6. The number of aromatic amines is 1. The molecule has 3 aromatic rings. The molecule has 1 N–H and O–H groups in total. The van der Waals surface area contributed by atoms with E-state index in [-0.39, 0.29) is 5.82 Å². The Hall–Kier alpha value is -1.87. The van der Waals surface area contributed by atoms with E-state index in [1.54, 1.807) is 30.3 Å². The molecular weight excluding hydrogens is 239 g/mol. The molecule has 0 radical (unpaired) electrons. The maximum absolute atomic E-state index is 13.6. The van der Waals surface area contributed by atoms with Crippen LogP contribution in [0.4, 0.5) is 4.39 Å². The topological polar surface area (TPSA) is 28.7 Å². The highest BCUT2D eigenvalue weighted by Gasteiger charge is 2.09. The molecule has 0 fully saturated rings.